The summed E-state index contributed by atoms with van der Waals surface area (Å²) in [5.41, 5.74) is 1.83. The number of carbonyl (C=O) groups is 1. The fraction of sp³-hybridized carbons (Fsp3) is 0.348. The lowest BCUT2D eigenvalue weighted by molar-refractivity contribution is -0.134. The maximum Gasteiger partial charge on any atom is 0.240 e. The largest absolute Gasteiger partial charge is 0.496 e. The molecule has 1 amide bonds. The molecule has 1 unspecified atom stereocenters. The van der Waals surface area contributed by atoms with E-state index in [1.54, 1.807) is 7.11 Å². The van der Waals surface area contributed by atoms with Gasteiger partial charge in [-0.15, -0.1) is 10.2 Å². The lowest BCUT2D eigenvalue weighted by Gasteiger charge is -2.30. The lowest BCUT2D eigenvalue weighted by atomic mass is 10.1. The summed E-state index contributed by atoms with van der Waals surface area (Å²) in [6.07, 6.45) is 0. The predicted molar refractivity (Wildman–Crippen MR) is 120 cm³/mol. The number of benzene rings is 2. The Balaban J connectivity index is 1.69. The summed E-state index contributed by atoms with van der Waals surface area (Å²) in [5.74, 6) is 1.54. The number of nitrogens with zero attached hydrogens (tertiary/aromatic N) is 4. The zero-order chi connectivity index (χ0) is 21.6. The molecule has 3 aromatic rings. The van der Waals surface area contributed by atoms with E-state index in [1.807, 2.05) is 71.0 Å². The second-order valence-electron chi connectivity index (χ2n) is 7.10. The summed E-state index contributed by atoms with van der Waals surface area (Å²) in [6, 6.07) is 17.6. The molecule has 8 heteroatoms. The van der Waals surface area contributed by atoms with E-state index >= 15 is 0 Å². The van der Waals surface area contributed by atoms with Crippen LogP contribution in [0.4, 0.5) is 0 Å². The van der Waals surface area contributed by atoms with Gasteiger partial charge in [0.2, 0.25) is 5.91 Å². The molecule has 31 heavy (non-hydrogen) atoms. The number of thioether (sulfide) groups is 1. The summed E-state index contributed by atoms with van der Waals surface area (Å²) >= 11 is 1.44. The zero-order valence-corrected chi connectivity index (χ0v) is 18.5. The molecule has 162 valence electrons. The minimum atomic E-state index is -0.403. The van der Waals surface area contributed by atoms with Crippen molar-refractivity contribution in [2.45, 2.75) is 23.9 Å². The second-order valence-corrected chi connectivity index (χ2v) is 8.17. The molecule has 7 nitrogen and oxygen atoms in total. The van der Waals surface area contributed by atoms with Gasteiger partial charge >= 0.3 is 0 Å². The van der Waals surface area contributed by atoms with E-state index in [1.165, 1.54) is 11.8 Å². The first-order chi connectivity index (χ1) is 15.2. The van der Waals surface area contributed by atoms with Crippen molar-refractivity contribution in [1.82, 2.24) is 19.7 Å². The van der Waals surface area contributed by atoms with E-state index in [2.05, 4.69) is 10.2 Å². The third-order valence-corrected chi connectivity index (χ3v) is 6.48. The standard InChI is InChI=1S/C23H26N4O3S/c1-3-27-21(18-11-7-8-12-19(18)29-2)24-25-23(27)31-20(17-9-5-4-6-10-17)22(28)26-13-15-30-16-14-26/h4-12,20H,3,13-16H2,1-2H3. The van der Waals surface area contributed by atoms with Crippen LogP contribution in [-0.4, -0.2) is 59.0 Å². The van der Waals surface area contributed by atoms with Gasteiger partial charge in [-0.3, -0.25) is 4.79 Å². The zero-order valence-electron chi connectivity index (χ0n) is 17.7. The van der Waals surface area contributed by atoms with Crippen molar-refractivity contribution in [3.05, 3.63) is 60.2 Å². The first-order valence-electron chi connectivity index (χ1n) is 10.4. The monoisotopic (exact) mass is 438 g/mol. The Labute approximate surface area is 186 Å². The molecule has 1 aliphatic heterocycles. The molecule has 0 bridgehead atoms. The molecule has 1 aliphatic rings. The van der Waals surface area contributed by atoms with Crippen LogP contribution in [0.25, 0.3) is 11.4 Å². The smallest absolute Gasteiger partial charge is 0.240 e. The Morgan fingerprint density at radius 2 is 1.81 bits per heavy atom. The van der Waals surface area contributed by atoms with E-state index in [9.17, 15) is 4.79 Å². The van der Waals surface area contributed by atoms with Gasteiger partial charge in [0.25, 0.3) is 0 Å². The first-order valence-corrected chi connectivity index (χ1v) is 11.3. The van der Waals surface area contributed by atoms with Crippen molar-refractivity contribution in [1.29, 1.82) is 0 Å². The average molecular weight is 439 g/mol. The molecule has 2 heterocycles. The van der Waals surface area contributed by atoms with Crippen LogP contribution < -0.4 is 4.74 Å². The van der Waals surface area contributed by atoms with Crippen LogP contribution in [0.15, 0.2) is 59.8 Å². The first kappa shape index (κ1) is 21.4. The molecule has 0 aliphatic carbocycles. The molecule has 1 atom stereocenters. The summed E-state index contributed by atoms with van der Waals surface area (Å²) < 4.78 is 13.0. The molecule has 1 aromatic heterocycles. The highest BCUT2D eigenvalue weighted by Crippen LogP contribution is 2.38. The van der Waals surface area contributed by atoms with Crippen molar-refractivity contribution in [3.63, 3.8) is 0 Å². The maximum atomic E-state index is 13.5. The van der Waals surface area contributed by atoms with Crippen LogP contribution in [0.1, 0.15) is 17.7 Å². The quantitative estimate of drug-likeness (QED) is 0.525. The fourth-order valence-corrected chi connectivity index (χ4v) is 4.82. The van der Waals surface area contributed by atoms with Crippen LogP contribution in [-0.2, 0) is 16.1 Å². The van der Waals surface area contributed by atoms with Gasteiger partial charge in [0.05, 0.1) is 25.9 Å². The van der Waals surface area contributed by atoms with E-state index in [-0.39, 0.29) is 5.91 Å². The Bertz CT molecular complexity index is 1020. The van der Waals surface area contributed by atoms with Crippen molar-refractivity contribution in [2.75, 3.05) is 33.4 Å². The summed E-state index contributed by atoms with van der Waals surface area (Å²) in [7, 11) is 1.65. The van der Waals surface area contributed by atoms with Crippen molar-refractivity contribution < 1.29 is 14.3 Å². The van der Waals surface area contributed by atoms with Gasteiger partial charge in [0, 0.05) is 19.6 Å². The van der Waals surface area contributed by atoms with Crippen LogP contribution >= 0.6 is 11.8 Å². The Morgan fingerprint density at radius 1 is 1.10 bits per heavy atom. The fourth-order valence-electron chi connectivity index (χ4n) is 3.63. The minimum absolute atomic E-state index is 0.0731. The number of rotatable bonds is 7. The normalized spacial score (nSPS) is 15.0. The molecule has 1 fully saturated rings. The number of para-hydroxylation sites is 1. The lowest BCUT2D eigenvalue weighted by Crippen LogP contribution is -2.42. The number of hydrogen-bond acceptors (Lipinski definition) is 6. The molecule has 1 saturated heterocycles. The van der Waals surface area contributed by atoms with Gasteiger partial charge in [-0.2, -0.15) is 0 Å². The third kappa shape index (κ3) is 4.60. The van der Waals surface area contributed by atoms with Crippen LogP contribution in [0.5, 0.6) is 5.75 Å². The summed E-state index contributed by atoms with van der Waals surface area (Å²) in [4.78, 5) is 15.3. The van der Waals surface area contributed by atoms with Gasteiger partial charge in [-0.1, -0.05) is 54.2 Å². The van der Waals surface area contributed by atoms with E-state index in [0.717, 1.165) is 22.7 Å². The van der Waals surface area contributed by atoms with E-state index in [0.29, 0.717) is 38.0 Å². The Morgan fingerprint density at radius 3 is 2.52 bits per heavy atom. The topological polar surface area (TPSA) is 69.5 Å². The molecule has 0 radical (unpaired) electrons. The number of aromatic nitrogens is 3. The highest BCUT2D eigenvalue weighted by molar-refractivity contribution is 8.00. The molecule has 2 aromatic carbocycles. The number of amides is 1. The van der Waals surface area contributed by atoms with Crippen LogP contribution in [0.2, 0.25) is 0 Å². The van der Waals surface area contributed by atoms with Gasteiger partial charge < -0.3 is 18.9 Å². The molecule has 0 saturated carbocycles. The average Bonchev–Trinajstić information content (AvgIpc) is 3.25. The molecular weight excluding hydrogens is 412 g/mol. The Hall–Kier alpha value is -2.84. The van der Waals surface area contributed by atoms with Crippen molar-refractivity contribution in [3.8, 4) is 17.1 Å². The van der Waals surface area contributed by atoms with Crippen molar-refractivity contribution >= 4 is 17.7 Å². The number of morpholine rings is 1. The van der Waals surface area contributed by atoms with Crippen molar-refractivity contribution in [2.24, 2.45) is 0 Å². The Kier molecular flexibility index (Phi) is 6.89. The maximum absolute atomic E-state index is 13.5. The van der Waals surface area contributed by atoms with Gasteiger partial charge in [0.1, 0.15) is 11.0 Å². The highest BCUT2D eigenvalue weighted by Gasteiger charge is 2.30. The molecular formula is C23H26N4O3S. The minimum Gasteiger partial charge on any atom is -0.496 e. The van der Waals surface area contributed by atoms with Crippen LogP contribution in [0.3, 0.4) is 0 Å². The third-order valence-electron chi connectivity index (χ3n) is 5.25. The predicted octanol–water partition coefficient (Wildman–Crippen LogP) is 3.67. The SMILES string of the molecule is CCn1c(SC(C(=O)N2CCOCC2)c2ccccc2)nnc1-c1ccccc1OC. The van der Waals surface area contributed by atoms with Gasteiger partial charge in [-0.25, -0.2) is 0 Å². The number of hydrogen-bond donors (Lipinski definition) is 0. The second kappa shape index (κ2) is 9.98. The van der Waals surface area contributed by atoms with Gasteiger partial charge in [-0.05, 0) is 24.6 Å². The number of methoxy groups -OCH3 is 1. The molecule has 0 spiro atoms. The summed E-state index contributed by atoms with van der Waals surface area (Å²) in [5, 5.41) is 9.21. The van der Waals surface area contributed by atoms with E-state index in [4.69, 9.17) is 9.47 Å². The van der Waals surface area contributed by atoms with E-state index < -0.39 is 5.25 Å². The van der Waals surface area contributed by atoms with Gasteiger partial charge in [0.15, 0.2) is 11.0 Å². The summed E-state index contributed by atoms with van der Waals surface area (Å²) in [6.45, 7) is 5.08. The number of ether oxygens (including phenoxy) is 2. The molecule has 4 rings (SSSR count). The molecule has 0 N–H and O–H groups in total. The highest BCUT2D eigenvalue weighted by atomic mass is 32.2. The number of carbonyl (C=O) groups excluding carboxylic acids is 1. The van der Waals surface area contributed by atoms with Crippen LogP contribution in [0, 0.1) is 0 Å².